The van der Waals surface area contributed by atoms with Crippen LogP contribution in [0.4, 0.5) is 11.4 Å². The van der Waals surface area contributed by atoms with Crippen LogP contribution in [0.25, 0.3) is 144 Å². The van der Waals surface area contributed by atoms with Crippen LogP contribution in [0.5, 0.6) is 0 Å². The third-order valence-corrected chi connectivity index (χ3v) is 17.9. The Balaban J connectivity index is 1.09. The highest BCUT2D eigenvalue weighted by molar-refractivity contribution is 6.01. The van der Waals surface area contributed by atoms with Gasteiger partial charge in [0.25, 0.3) is 0 Å². The van der Waals surface area contributed by atoms with Gasteiger partial charge in [-0.25, -0.2) is 9.69 Å². The van der Waals surface area contributed by atoms with E-state index in [0.29, 0.717) is 50.3 Å². The van der Waals surface area contributed by atoms with E-state index in [-0.39, 0.29) is 10.8 Å². The topological polar surface area (TPSA) is 143 Å². The van der Waals surface area contributed by atoms with Crippen molar-refractivity contribution in [3.8, 4) is 158 Å². The summed E-state index contributed by atoms with van der Waals surface area (Å²) >= 11 is 0. The van der Waals surface area contributed by atoms with Crippen molar-refractivity contribution in [3.63, 3.8) is 0 Å². The Morgan fingerprint density at radius 1 is 0.265 bits per heavy atom. The predicted molar refractivity (Wildman–Crippen MR) is 394 cm³/mol. The monoisotopic (exact) mass is 1260 g/mol. The molecule has 462 valence electrons. The van der Waals surface area contributed by atoms with Crippen molar-refractivity contribution in [2.75, 3.05) is 0 Å². The highest BCUT2D eigenvalue weighted by atomic mass is 14.7. The van der Waals surface area contributed by atoms with Gasteiger partial charge in [0.05, 0.1) is 65.6 Å². The van der Waals surface area contributed by atoms with Crippen LogP contribution in [0.15, 0.2) is 261 Å². The standard InChI is InChI=1S/C89H61N9/c1-88(2,3)69-30-33-97-86(50-69)61-25-28-79(82(48-61)63-36-56(52-90)35-57(37-63)53-91)76-20-12-9-17-73(76)66-42-67(74-18-10-13-21-77(74)80-27-24-60(85-23-15-16-32-96-85)47-83(80)64-38-58(54-92)40-71(45-64)94-7)44-68(43-66)75-19-11-14-22-78(75)81-29-26-62(87-51-70(31-34-98-87)89(4,5)6)49-84(81)65-39-59(55-93)41-72(46-65)95-8/h9-51H,1-6H3. The van der Waals surface area contributed by atoms with Gasteiger partial charge in [-0.3, -0.25) is 15.0 Å². The molecule has 0 fully saturated rings. The van der Waals surface area contributed by atoms with E-state index in [1.165, 1.54) is 0 Å². The van der Waals surface area contributed by atoms with E-state index in [1.54, 1.807) is 24.4 Å². The van der Waals surface area contributed by atoms with E-state index in [9.17, 15) is 21.0 Å². The summed E-state index contributed by atoms with van der Waals surface area (Å²) < 4.78 is 0. The SMILES string of the molecule is [C-]#[N+]c1cc(C#N)cc(-c2cc(-c3ccccn3)ccc2-c2ccccc2-c2cc(-c3ccccc3-c3ccc(-c4cc(C(C)(C)C)ccn4)cc3-c3cc(C#N)cc(C#N)c3)cc(-c3ccccc3-c3ccc(-c4cc(C(C)(C)C)ccn4)cc3-c3cc(C#N)cc([N+]#[C-])c3)c2)c1. The van der Waals surface area contributed by atoms with Crippen LogP contribution in [-0.2, 0) is 10.8 Å². The lowest BCUT2D eigenvalue weighted by molar-refractivity contribution is 0.589. The predicted octanol–water partition coefficient (Wildman–Crippen LogP) is 23.1. The Bertz CT molecular complexity index is 5290. The maximum Gasteiger partial charge on any atom is 0.189 e. The molecule has 0 radical (unpaired) electrons. The Hall–Kier alpha value is -13.4. The number of pyridine rings is 3. The molecule has 10 aromatic carbocycles. The number of hydrogen-bond acceptors (Lipinski definition) is 7. The molecular formula is C89H61N9. The van der Waals surface area contributed by atoms with Crippen molar-refractivity contribution in [2.45, 2.75) is 52.4 Å². The van der Waals surface area contributed by atoms with Crippen molar-refractivity contribution in [2.24, 2.45) is 0 Å². The third kappa shape index (κ3) is 12.9. The molecule has 0 atom stereocenters. The van der Waals surface area contributed by atoms with Crippen LogP contribution in [0.1, 0.15) is 74.9 Å². The first kappa shape index (κ1) is 63.4. The van der Waals surface area contributed by atoms with Gasteiger partial charge < -0.3 is 0 Å². The van der Waals surface area contributed by atoms with E-state index in [4.69, 9.17) is 28.1 Å². The number of nitriles is 4. The summed E-state index contributed by atoms with van der Waals surface area (Å²) in [7, 11) is 0. The first-order chi connectivity index (χ1) is 47.5. The fraction of sp³-hybridized carbons (Fsp3) is 0.0899. The summed E-state index contributed by atoms with van der Waals surface area (Å²) in [6, 6.07) is 89.9. The highest BCUT2D eigenvalue weighted by Crippen LogP contribution is 2.48. The summed E-state index contributed by atoms with van der Waals surface area (Å²) in [5, 5.41) is 41.7. The molecule has 0 unspecified atom stereocenters. The molecule has 13 rings (SSSR count). The van der Waals surface area contributed by atoms with Crippen molar-refractivity contribution < 1.29 is 0 Å². The molecule has 0 spiro atoms. The van der Waals surface area contributed by atoms with E-state index in [1.807, 2.05) is 116 Å². The molecule has 9 nitrogen and oxygen atoms in total. The number of nitrogens with zero attached hydrogens (tertiary/aromatic N) is 9. The zero-order valence-electron chi connectivity index (χ0n) is 54.9. The fourth-order valence-corrected chi connectivity index (χ4v) is 12.9. The fourth-order valence-electron chi connectivity index (χ4n) is 12.9. The highest BCUT2D eigenvalue weighted by Gasteiger charge is 2.24. The van der Waals surface area contributed by atoms with Gasteiger partial charge in [0.15, 0.2) is 11.4 Å². The van der Waals surface area contributed by atoms with E-state index in [2.05, 4.69) is 197 Å². The smallest absolute Gasteiger partial charge is 0.189 e. The normalized spacial score (nSPS) is 11.1. The van der Waals surface area contributed by atoms with Crippen molar-refractivity contribution in [1.82, 2.24) is 15.0 Å². The Morgan fingerprint density at radius 3 is 0.908 bits per heavy atom. The molecule has 9 heteroatoms. The molecule has 98 heavy (non-hydrogen) atoms. The molecule has 0 aliphatic heterocycles. The van der Waals surface area contributed by atoms with Gasteiger partial charge in [0.2, 0.25) is 0 Å². The number of rotatable bonds is 12. The zero-order valence-corrected chi connectivity index (χ0v) is 54.9. The van der Waals surface area contributed by atoms with Gasteiger partial charge in [-0.1, -0.05) is 157 Å². The molecule has 0 aliphatic rings. The molecule has 3 heterocycles. The van der Waals surface area contributed by atoms with Gasteiger partial charge in [0, 0.05) is 46.4 Å². The summed E-state index contributed by atoms with van der Waals surface area (Å²) in [6.45, 7) is 29.4. The lowest BCUT2D eigenvalue weighted by atomic mass is 9.83. The second-order valence-corrected chi connectivity index (χ2v) is 26.3. The summed E-state index contributed by atoms with van der Waals surface area (Å²) in [5.41, 5.74) is 24.3. The quantitative estimate of drug-likeness (QED) is 0.111. The van der Waals surface area contributed by atoms with Crippen LogP contribution in [-0.4, -0.2) is 15.0 Å². The van der Waals surface area contributed by atoms with Gasteiger partial charge in [-0.05, 0) is 249 Å². The second kappa shape index (κ2) is 26.5. The molecule has 0 N–H and O–H groups in total. The van der Waals surface area contributed by atoms with Crippen LogP contribution < -0.4 is 0 Å². The molecule has 0 saturated carbocycles. The lowest BCUT2D eigenvalue weighted by Gasteiger charge is -2.21. The molecular weight excluding hydrogens is 1200 g/mol. The Labute approximate surface area is 572 Å². The largest absolute Gasteiger partial charge is 0.256 e. The molecule has 0 bridgehead atoms. The summed E-state index contributed by atoms with van der Waals surface area (Å²) in [6.07, 6.45) is 5.46. The summed E-state index contributed by atoms with van der Waals surface area (Å²) in [5.74, 6) is 0. The van der Waals surface area contributed by atoms with Gasteiger partial charge in [-0.15, -0.1) is 0 Å². The van der Waals surface area contributed by atoms with Crippen LogP contribution in [0.3, 0.4) is 0 Å². The molecule has 3 aromatic heterocycles. The maximum atomic E-state index is 10.4. The van der Waals surface area contributed by atoms with E-state index >= 15 is 0 Å². The molecule has 13 aromatic rings. The van der Waals surface area contributed by atoms with Gasteiger partial charge in [0.1, 0.15) is 0 Å². The molecule has 0 aliphatic carbocycles. The lowest BCUT2D eigenvalue weighted by Crippen LogP contribution is -2.11. The van der Waals surface area contributed by atoms with Crippen LogP contribution in [0, 0.1) is 58.5 Å². The van der Waals surface area contributed by atoms with Crippen molar-refractivity contribution in [3.05, 3.63) is 317 Å². The van der Waals surface area contributed by atoms with Crippen LogP contribution in [0.2, 0.25) is 0 Å². The summed E-state index contributed by atoms with van der Waals surface area (Å²) in [4.78, 5) is 22.2. The Morgan fingerprint density at radius 2 is 0.571 bits per heavy atom. The number of hydrogen-bond donors (Lipinski definition) is 0. The first-order valence-corrected chi connectivity index (χ1v) is 32.0. The van der Waals surface area contributed by atoms with Crippen LogP contribution >= 0.6 is 0 Å². The minimum absolute atomic E-state index is 0.144. The Kier molecular flexibility index (Phi) is 17.2. The maximum absolute atomic E-state index is 10.4. The van der Waals surface area contributed by atoms with Crippen molar-refractivity contribution in [1.29, 1.82) is 21.0 Å². The van der Waals surface area contributed by atoms with E-state index < -0.39 is 0 Å². The molecule has 0 amide bonds. The zero-order chi connectivity index (χ0) is 68.2. The number of aromatic nitrogens is 3. The van der Waals surface area contributed by atoms with Gasteiger partial charge >= 0.3 is 0 Å². The van der Waals surface area contributed by atoms with Gasteiger partial charge in [-0.2, -0.15) is 21.0 Å². The minimum Gasteiger partial charge on any atom is -0.256 e. The van der Waals surface area contributed by atoms with Crippen molar-refractivity contribution >= 4 is 11.4 Å². The third-order valence-electron chi connectivity index (χ3n) is 17.9. The second-order valence-electron chi connectivity index (χ2n) is 26.3. The average molecular weight is 1260 g/mol. The molecule has 0 saturated heterocycles. The van der Waals surface area contributed by atoms with E-state index in [0.717, 1.165) is 128 Å². The first-order valence-electron chi connectivity index (χ1n) is 32.0. The minimum atomic E-state index is -0.145. The number of benzene rings is 10. The average Bonchev–Trinajstić information content (AvgIpc) is 0.764.